The molecule has 1 aromatic rings. The summed E-state index contributed by atoms with van der Waals surface area (Å²) in [6.45, 7) is 11.2. The zero-order valence-corrected chi connectivity index (χ0v) is 14.8. The molecule has 1 aliphatic heterocycles. The number of rotatable bonds is 4. The summed E-state index contributed by atoms with van der Waals surface area (Å²) in [5.41, 5.74) is 2.31. The highest BCUT2D eigenvalue weighted by Gasteiger charge is 2.35. The number of aromatic amines is 1. The molecule has 23 heavy (non-hydrogen) atoms. The lowest BCUT2D eigenvalue weighted by molar-refractivity contribution is -0.928. The van der Waals surface area contributed by atoms with Crippen molar-refractivity contribution in [3.63, 3.8) is 0 Å². The number of morpholine rings is 1. The lowest BCUT2D eigenvalue weighted by Crippen LogP contribution is -3.19. The second kappa shape index (κ2) is 6.84. The number of hydrogen-bond acceptors (Lipinski definition) is 4. The zero-order valence-electron chi connectivity index (χ0n) is 14.8. The predicted molar refractivity (Wildman–Crippen MR) is 86.1 cm³/mol. The third-order valence-electron chi connectivity index (χ3n) is 4.64. The third-order valence-corrected chi connectivity index (χ3v) is 4.64. The first-order valence-corrected chi connectivity index (χ1v) is 8.08. The fourth-order valence-electron chi connectivity index (χ4n) is 3.47. The first-order valence-electron chi connectivity index (χ1n) is 8.08. The van der Waals surface area contributed by atoms with E-state index < -0.39 is 5.97 Å². The van der Waals surface area contributed by atoms with Crippen LogP contribution >= 0.6 is 0 Å². The van der Waals surface area contributed by atoms with Crippen LogP contribution in [0.5, 0.6) is 0 Å². The van der Waals surface area contributed by atoms with Gasteiger partial charge < -0.3 is 19.4 Å². The monoisotopic (exact) mass is 323 g/mol. The second-order valence-corrected chi connectivity index (χ2v) is 6.53. The number of quaternary nitrogens is 1. The molecule has 0 amide bonds. The van der Waals surface area contributed by atoms with E-state index in [1.165, 1.54) is 12.0 Å². The summed E-state index contributed by atoms with van der Waals surface area (Å²) >= 11 is 0. The molecular formula is C17H27N2O4+. The summed E-state index contributed by atoms with van der Waals surface area (Å²) in [4.78, 5) is 29.1. The van der Waals surface area contributed by atoms with Crippen molar-refractivity contribution in [2.75, 3.05) is 20.2 Å². The summed E-state index contributed by atoms with van der Waals surface area (Å²) in [7, 11) is 1.35. The summed E-state index contributed by atoms with van der Waals surface area (Å²) in [5.74, 6) is -0.388. The molecule has 1 saturated heterocycles. The van der Waals surface area contributed by atoms with Gasteiger partial charge in [-0.2, -0.15) is 0 Å². The Kier molecular flexibility index (Phi) is 5.26. The van der Waals surface area contributed by atoms with Crippen LogP contribution in [0.1, 0.15) is 52.9 Å². The fourth-order valence-corrected chi connectivity index (χ4v) is 3.47. The average molecular weight is 323 g/mol. The number of Topliss-reactive ketones (excluding diaryl/α,β-unsaturated/α-hetero) is 1. The van der Waals surface area contributed by atoms with Gasteiger partial charge in [0.2, 0.25) is 5.78 Å². The van der Waals surface area contributed by atoms with Crippen LogP contribution in [-0.2, 0) is 9.47 Å². The van der Waals surface area contributed by atoms with Gasteiger partial charge in [-0.05, 0) is 40.2 Å². The molecule has 6 nitrogen and oxygen atoms in total. The Morgan fingerprint density at radius 1 is 1.26 bits per heavy atom. The third kappa shape index (κ3) is 3.48. The summed E-state index contributed by atoms with van der Waals surface area (Å²) in [5, 5.41) is 0. The maximum absolute atomic E-state index is 12.9. The molecule has 6 heteroatoms. The number of ether oxygens (including phenoxy) is 2. The summed E-state index contributed by atoms with van der Waals surface area (Å²) in [6, 6.07) is -0.189. The van der Waals surface area contributed by atoms with Crippen LogP contribution in [0, 0.1) is 13.8 Å². The van der Waals surface area contributed by atoms with Gasteiger partial charge in [0.05, 0.1) is 18.4 Å². The van der Waals surface area contributed by atoms with Crippen molar-refractivity contribution in [2.24, 2.45) is 0 Å². The SMILES string of the molecule is COC(=O)c1c(C)[nH]c(C(=O)[C@@H](C)[NH+]2C[C@@H](C)O[C@@H](C)C2)c1C. The van der Waals surface area contributed by atoms with Gasteiger partial charge in [-0.1, -0.05) is 0 Å². The minimum atomic E-state index is -0.413. The van der Waals surface area contributed by atoms with Crippen molar-refractivity contribution < 1.29 is 24.0 Å². The Hall–Kier alpha value is -1.66. The number of ketones is 1. The number of aryl methyl sites for hydroxylation is 1. The highest BCUT2D eigenvalue weighted by Crippen LogP contribution is 2.20. The standard InChI is InChI=1S/C17H26N2O4/c1-9-7-19(8-10(2)23-9)13(5)16(20)15-11(3)14(12(4)18-15)17(21)22-6/h9-10,13,18H,7-8H2,1-6H3/p+1/t9-,10+,13-/m1/s1. The number of H-pyrrole nitrogens is 1. The van der Waals surface area contributed by atoms with Crippen molar-refractivity contribution in [1.29, 1.82) is 0 Å². The molecule has 0 radical (unpaired) electrons. The minimum absolute atomic E-state index is 0.0250. The molecular weight excluding hydrogens is 296 g/mol. The highest BCUT2D eigenvalue weighted by atomic mass is 16.5. The lowest BCUT2D eigenvalue weighted by Gasteiger charge is -2.35. The van der Waals surface area contributed by atoms with Gasteiger partial charge in [0.15, 0.2) is 6.04 Å². The van der Waals surface area contributed by atoms with Gasteiger partial charge in [-0.15, -0.1) is 0 Å². The molecule has 0 aliphatic carbocycles. The number of carbonyl (C=O) groups is 2. The Morgan fingerprint density at radius 3 is 2.35 bits per heavy atom. The van der Waals surface area contributed by atoms with Crippen LogP contribution in [0.4, 0.5) is 0 Å². The number of carbonyl (C=O) groups excluding carboxylic acids is 2. The molecule has 2 rings (SSSR count). The first-order chi connectivity index (χ1) is 10.8. The molecule has 1 aromatic heterocycles. The summed E-state index contributed by atoms with van der Waals surface area (Å²) < 4.78 is 10.5. The van der Waals surface area contributed by atoms with E-state index in [-0.39, 0.29) is 24.0 Å². The molecule has 0 aromatic carbocycles. The molecule has 2 N–H and O–H groups in total. The van der Waals surface area contributed by atoms with E-state index in [9.17, 15) is 9.59 Å². The largest absolute Gasteiger partial charge is 0.465 e. The van der Waals surface area contributed by atoms with Gasteiger partial charge >= 0.3 is 5.97 Å². The van der Waals surface area contributed by atoms with E-state index in [1.54, 1.807) is 13.8 Å². The van der Waals surface area contributed by atoms with Gasteiger partial charge in [0.1, 0.15) is 25.3 Å². The zero-order chi connectivity index (χ0) is 17.3. The van der Waals surface area contributed by atoms with E-state index >= 15 is 0 Å². The van der Waals surface area contributed by atoms with Crippen LogP contribution in [0.25, 0.3) is 0 Å². The van der Waals surface area contributed by atoms with E-state index in [4.69, 9.17) is 9.47 Å². The minimum Gasteiger partial charge on any atom is -0.465 e. The Balaban J connectivity index is 2.25. The topological polar surface area (TPSA) is 72.8 Å². The molecule has 0 spiro atoms. The maximum Gasteiger partial charge on any atom is 0.339 e. The second-order valence-electron chi connectivity index (χ2n) is 6.53. The van der Waals surface area contributed by atoms with Crippen LogP contribution < -0.4 is 4.90 Å². The van der Waals surface area contributed by atoms with Crippen molar-refractivity contribution in [3.05, 3.63) is 22.5 Å². The van der Waals surface area contributed by atoms with Gasteiger partial charge in [-0.25, -0.2) is 4.79 Å². The van der Waals surface area contributed by atoms with Crippen LogP contribution in [0.3, 0.4) is 0 Å². The maximum atomic E-state index is 12.9. The Bertz CT molecular complexity index is 598. The van der Waals surface area contributed by atoms with E-state index in [2.05, 4.69) is 4.98 Å². The van der Waals surface area contributed by atoms with Crippen LogP contribution in [-0.4, -0.2) is 55.2 Å². The molecule has 0 saturated carbocycles. The first kappa shape index (κ1) is 17.7. The number of esters is 1. The molecule has 0 bridgehead atoms. The lowest BCUT2D eigenvalue weighted by atomic mass is 10.0. The van der Waals surface area contributed by atoms with Crippen molar-refractivity contribution in [1.82, 2.24) is 4.98 Å². The smallest absolute Gasteiger partial charge is 0.339 e. The highest BCUT2D eigenvalue weighted by molar-refractivity contribution is 6.03. The van der Waals surface area contributed by atoms with Crippen molar-refractivity contribution in [3.8, 4) is 0 Å². The molecule has 1 unspecified atom stereocenters. The molecule has 4 atom stereocenters. The fraction of sp³-hybridized carbons (Fsp3) is 0.647. The molecule has 2 heterocycles. The Labute approximate surface area is 137 Å². The van der Waals surface area contributed by atoms with Crippen molar-refractivity contribution >= 4 is 11.8 Å². The van der Waals surface area contributed by atoms with Gasteiger partial charge in [0, 0.05) is 5.69 Å². The van der Waals surface area contributed by atoms with E-state index in [0.29, 0.717) is 22.5 Å². The quantitative estimate of drug-likeness (QED) is 0.631. The van der Waals surface area contributed by atoms with Gasteiger partial charge in [-0.3, -0.25) is 4.79 Å². The molecule has 128 valence electrons. The Morgan fingerprint density at radius 2 is 1.83 bits per heavy atom. The van der Waals surface area contributed by atoms with Gasteiger partial charge in [0.25, 0.3) is 0 Å². The van der Waals surface area contributed by atoms with Crippen molar-refractivity contribution in [2.45, 2.75) is 52.9 Å². The van der Waals surface area contributed by atoms with Crippen LogP contribution in [0.15, 0.2) is 0 Å². The number of nitrogens with one attached hydrogen (secondary N) is 2. The number of aromatic nitrogens is 1. The molecule has 1 aliphatic rings. The predicted octanol–water partition coefficient (Wildman–Crippen LogP) is 0.681. The average Bonchev–Trinajstić information content (AvgIpc) is 2.79. The number of hydrogen-bond donors (Lipinski definition) is 2. The molecule has 1 fully saturated rings. The summed E-state index contributed by atoms with van der Waals surface area (Å²) in [6.07, 6.45) is 0.280. The van der Waals surface area contributed by atoms with E-state index in [0.717, 1.165) is 13.1 Å². The van der Waals surface area contributed by atoms with E-state index in [1.807, 2.05) is 20.8 Å². The number of methoxy groups -OCH3 is 1. The van der Waals surface area contributed by atoms with Crippen LogP contribution in [0.2, 0.25) is 0 Å². The normalized spacial score (nSPS) is 25.9.